The molecule has 5 nitrogen and oxygen atoms in total. The van der Waals surface area contributed by atoms with Crippen LogP contribution in [-0.2, 0) is 4.74 Å². The van der Waals surface area contributed by atoms with Gasteiger partial charge in [-0.1, -0.05) is 0 Å². The second kappa shape index (κ2) is 5.48. The Hall–Kier alpha value is -1.76. The summed E-state index contributed by atoms with van der Waals surface area (Å²) in [4.78, 5) is 9.66. The molecular weight excluding hydrogens is 258 g/mol. The van der Waals surface area contributed by atoms with E-state index in [-0.39, 0.29) is 17.8 Å². The second-order valence-electron chi connectivity index (χ2n) is 4.59. The Bertz CT molecular complexity index is 473. The Morgan fingerprint density at radius 2 is 2.05 bits per heavy atom. The summed E-state index contributed by atoms with van der Waals surface area (Å²) in [6, 6.07) is 1.33. The Morgan fingerprint density at radius 1 is 1.42 bits per heavy atom. The molecule has 2 unspecified atom stereocenters. The van der Waals surface area contributed by atoms with Crippen LogP contribution in [0, 0.1) is 21.7 Å². The fourth-order valence-corrected chi connectivity index (χ4v) is 2.14. The molecule has 1 aromatic rings. The van der Waals surface area contributed by atoms with Crippen LogP contribution in [0.4, 0.5) is 20.2 Å². The third-order valence-electron chi connectivity index (χ3n) is 3.07. The lowest BCUT2D eigenvalue weighted by Crippen LogP contribution is -2.33. The summed E-state index contributed by atoms with van der Waals surface area (Å²) in [5, 5.41) is 13.2. The van der Waals surface area contributed by atoms with Gasteiger partial charge < -0.3 is 10.1 Å². The molecule has 0 aromatic heterocycles. The van der Waals surface area contributed by atoms with E-state index in [9.17, 15) is 18.9 Å². The van der Waals surface area contributed by atoms with Gasteiger partial charge in [0.2, 0.25) is 0 Å². The number of rotatable bonds is 3. The molecule has 0 spiro atoms. The van der Waals surface area contributed by atoms with E-state index in [1.165, 1.54) is 0 Å². The molecule has 19 heavy (non-hydrogen) atoms. The molecule has 1 aliphatic rings. The van der Waals surface area contributed by atoms with E-state index < -0.39 is 22.2 Å². The van der Waals surface area contributed by atoms with E-state index in [1.54, 1.807) is 0 Å². The molecule has 0 radical (unpaired) electrons. The maximum absolute atomic E-state index is 13.7. The number of benzene rings is 1. The Labute approximate surface area is 108 Å². The summed E-state index contributed by atoms with van der Waals surface area (Å²) in [5.74, 6) is -1.91. The molecule has 1 aromatic carbocycles. The number of anilines is 1. The molecule has 1 fully saturated rings. The maximum atomic E-state index is 13.7. The fraction of sp³-hybridized carbons (Fsp3) is 0.500. The summed E-state index contributed by atoms with van der Waals surface area (Å²) in [5.41, 5.74) is -0.911. The standard InChI is InChI=1S/C12H14F2N2O3/c1-7-4-8(2-3-19-7)15-12-10(13)5-9(16(17)18)6-11(12)14/h5-8,15H,2-4H2,1H3. The van der Waals surface area contributed by atoms with Gasteiger partial charge in [0, 0.05) is 12.6 Å². The first-order valence-electron chi connectivity index (χ1n) is 5.99. The Kier molecular flexibility index (Phi) is 3.94. The molecular formula is C12H14F2N2O3. The molecule has 0 saturated carbocycles. The van der Waals surface area contributed by atoms with Gasteiger partial charge in [-0.05, 0) is 19.8 Å². The highest BCUT2D eigenvalue weighted by molar-refractivity contribution is 5.52. The first-order chi connectivity index (χ1) is 8.97. The molecule has 2 atom stereocenters. The van der Waals surface area contributed by atoms with Gasteiger partial charge in [0.05, 0.1) is 23.2 Å². The van der Waals surface area contributed by atoms with Crippen LogP contribution in [0.25, 0.3) is 0 Å². The number of nitrogens with one attached hydrogen (secondary N) is 1. The van der Waals surface area contributed by atoms with Crippen molar-refractivity contribution in [1.29, 1.82) is 0 Å². The van der Waals surface area contributed by atoms with Crippen LogP contribution in [0.2, 0.25) is 0 Å². The summed E-state index contributed by atoms with van der Waals surface area (Å²) in [6.07, 6.45) is 1.30. The zero-order chi connectivity index (χ0) is 14.0. The molecule has 7 heteroatoms. The first kappa shape index (κ1) is 13.7. The topological polar surface area (TPSA) is 64.4 Å². The van der Waals surface area contributed by atoms with Crippen molar-refractivity contribution in [3.8, 4) is 0 Å². The molecule has 0 bridgehead atoms. The lowest BCUT2D eigenvalue weighted by molar-refractivity contribution is -0.385. The third-order valence-corrected chi connectivity index (χ3v) is 3.07. The second-order valence-corrected chi connectivity index (χ2v) is 4.59. The van der Waals surface area contributed by atoms with Crippen molar-refractivity contribution < 1.29 is 18.4 Å². The van der Waals surface area contributed by atoms with Crippen LogP contribution >= 0.6 is 0 Å². The largest absolute Gasteiger partial charge is 0.378 e. The number of nitro groups is 1. The van der Waals surface area contributed by atoms with Gasteiger partial charge >= 0.3 is 0 Å². The van der Waals surface area contributed by atoms with E-state index >= 15 is 0 Å². The number of non-ortho nitro benzene ring substituents is 1. The molecule has 2 rings (SSSR count). The average Bonchev–Trinajstić information content (AvgIpc) is 2.33. The quantitative estimate of drug-likeness (QED) is 0.678. The number of nitrogens with zero attached hydrogens (tertiary/aromatic N) is 1. The van der Waals surface area contributed by atoms with Gasteiger partial charge in [0.25, 0.3) is 5.69 Å². The van der Waals surface area contributed by atoms with Crippen molar-refractivity contribution in [3.05, 3.63) is 33.9 Å². The average molecular weight is 272 g/mol. The van der Waals surface area contributed by atoms with E-state index in [2.05, 4.69) is 5.32 Å². The fourth-order valence-electron chi connectivity index (χ4n) is 2.14. The van der Waals surface area contributed by atoms with Crippen molar-refractivity contribution in [2.75, 3.05) is 11.9 Å². The number of hydrogen-bond acceptors (Lipinski definition) is 4. The molecule has 104 valence electrons. The van der Waals surface area contributed by atoms with E-state index in [0.29, 0.717) is 31.6 Å². The van der Waals surface area contributed by atoms with Crippen LogP contribution in [0.3, 0.4) is 0 Å². The smallest absolute Gasteiger partial charge is 0.275 e. The van der Waals surface area contributed by atoms with Crippen LogP contribution in [0.15, 0.2) is 12.1 Å². The van der Waals surface area contributed by atoms with E-state index in [4.69, 9.17) is 4.74 Å². The summed E-state index contributed by atoms with van der Waals surface area (Å²) in [6.45, 7) is 2.41. The van der Waals surface area contributed by atoms with Crippen molar-refractivity contribution >= 4 is 11.4 Å². The first-order valence-corrected chi connectivity index (χ1v) is 5.99. The van der Waals surface area contributed by atoms with Crippen molar-refractivity contribution in [2.24, 2.45) is 0 Å². The van der Waals surface area contributed by atoms with Gasteiger partial charge in [0.15, 0.2) is 11.6 Å². The number of nitro benzene ring substituents is 1. The maximum Gasteiger partial charge on any atom is 0.275 e. The van der Waals surface area contributed by atoms with Gasteiger partial charge in [-0.15, -0.1) is 0 Å². The van der Waals surface area contributed by atoms with Crippen LogP contribution < -0.4 is 5.32 Å². The highest BCUT2D eigenvalue weighted by Gasteiger charge is 2.23. The number of ether oxygens (including phenoxy) is 1. The molecule has 1 heterocycles. The van der Waals surface area contributed by atoms with E-state index in [0.717, 1.165) is 0 Å². The minimum absolute atomic E-state index is 0.0235. The van der Waals surface area contributed by atoms with Crippen molar-refractivity contribution in [2.45, 2.75) is 31.9 Å². The molecule has 1 N–H and O–H groups in total. The molecule has 0 aliphatic carbocycles. The predicted molar refractivity (Wildman–Crippen MR) is 65.1 cm³/mol. The summed E-state index contributed by atoms with van der Waals surface area (Å²) < 4.78 is 32.7. The minimum Gasteiger partial charge on any atom is -0.378 e. The molecule has 1 aliphatic heterocycles. The van der Waals surface area contributed by atoms with Crippen LogP contribution in [0.5, 0.6) is 0 Å². The van der Waals surface area contributed by atoms with Crippen molar-refractivity contribution in [1.82, 2.24) is 0 Å². The summed E-state index contributed by atoms with van der Waals surface area (Å²) in [7, 11) is 0. The number of halogens is 2. The predicted octanol–water partition coefficient (Wildman–Crippen LogP) is 2.85. The van der Waals surface area contributed by atoms with Gasteiger partial charge in [-0.3, -0.25) is 10.1 Å². The summed E-state index contributed by atoms with van der Waals surface area (Å²) >= 11 is 0. The third kappa shape index (κ3) is 3.17. The highest BCUT2D eigenvalue weighted by atomic mass is 19.1. The van der Waals surface area contributed by atoms with Gasteiger partial charge in [-0.25, -0.2) is 8.78 Å². The highest BCUT2D eigenvalue weighted by Crippen LogP contribution is 2.27. The SMILES string of the molecule is CC1CC(Nc2c(F)cc([N+](=O)[O-])cc2F)CCO1. The molecule has 1 saturated heterocycles. The zero-order valence-electron chi connectivity index (χ0n) is 10.4. The van der Waals surface area contributed by atoms with E-state index in [1.807, 2.05) is 6.92 Å². The van der Waals surface area contributed by atoms with Crippen LogP contribution in [0.1, 0.15) is 19.8 Å². The lowest BCUT2D eigenvalue weighted by atomic mass is 10.0. The monoisotopic (exact) mass is 272 g/mol. The number of hydrogen-bond donors (Lipinski definition) is 1. The van der Waals surface area contributed by atoms with Crippen molar-refractivity contribution in [3.63, 3.8) is 0 Å². The Balaban J connectivity index is 2.18. The molecule has 0 amide bonds. The normalized spacial score (nSPS) is 23.1. The van der Waals surface area contributed by atoms with Gasteiger partial charge in [-0.2, -0.15) is 0 Å². The Morgan fingerprint density at radius 3 is 2.58 bits per heavy atom. The minimum atomic E-state index is -0.953. The van der Waals surface area contributed by atoms with Gasteiger partial charge in [0.1, 0.15) is 5.69 Å². The zero-order valence-corrected chi connectivity index (χ0v) is 10.4. The van der Waals surface area contributed by atoms with Crippen LogP contribution in [-0.4, -0.2) is 23.7 Å². The lowest BCUT2D eigenvalue weighted by Gasteiger charge is -2.28.